The summed E-state index contributed by atoms with van der Waals surface area (Å²) in [4.78, 5) is 12.9. The largest absolute Gasteiger partial charge is 0.497 e. The fourth-order valence-electron chi connectivity index (χ4n) is 4.05. The minimum absolute atomic E-state index is 0.249. The van der Waals surface area contributed by atoms with Crippen molar-refractivity contribution in [3.63, 3.8) is 0 Å². The molecule has 5 atom stereocenters. The van der Waals surface area contributed by atoms with Crippen LogP contribution in [0.25, 0.3) is 0 Å². The molecule has 1 aromatic carbocycles. The third kappa shape index (κ3) is 4.27. The summed E-state index contributed by atoms with van der Waals surface area (Å²) in [6.45, 7) is 7.74. The van der Waals surface area contributed by atoms with E-state index < -0.39 is 42.3 Å². The first kappa shape index (κ1) is 20.6. The molecule has 160 valence electrons. The lowest BCUT2D eigenvalue weighted by Crippen LogP contribution is -2.59. The summed E-state index contributed by atoms with van der Waals surface area (Å²) >= 11 is 0. The van der Waals surface area contributed by atoms with Crippen LogP contribution in [0, 0.1) is 0 Å². The van der Waals surface area contributed by atoms with E-state index in [0.29, 0.717) is 13.0 Å². The number of rotatable bonds is 5. The normalized spacial score (nSPS) is 34.3. The molecule has 0 unspecified atom stereocenters. The highest BCUT2D eigenvalue weighted by molar-refractivity contribution is 5.81. The number of carbonyl (C=O) groups is 1. The Morgan fingerprint density at radius 3 is 2.28 bits per heavy atom. The number of nitrogens with one attached hydrogen (secondary N) is 1. The first-order valence-electron chi connectivity index (χ1n) is 9.95. The van der Waals surface area contributed by atoms with Crippen LogP contribution in [0.2, 0.25) is 0 Å². The summed E-state index contributed by atoms with van der Waals surface area (Å²) in [6.07, 6.45) is -2.27. The smallest absolute Gasteiger partial charge is 0.252 e. The highest BCUT2D eigenvalue weighted by Gasteiger charge is 2.62. The quantitative estimate of drug-likeness (QED) is 0.796. The summed E-state index contributed by atoms with van der Waals surface area (Å²) in [5.41, 5.74) is 1.10. The van der Waals surface area contributed by atoms with Gasteiger partial charge in [0.1, 0.15) is 24.1 Å². The van der Waals surface area contributed by atoms with Crippen molar-refractivity contribution in [1.82, 2.24) is 5.32 Å². The van der Waals surface area contributed by atoms with Crippen molar-refractivity contribution in [2.75, 3.05) is 13.7 Å². The topological polar surface area (TPSA) is 84.5 Å². The first-order chi connectivity index (χ1) is 13.7. The van der Waals surface area contributed by atoms with Crippen LogP contribution in [0.3, 0.4) is 0 Å². The van der Waals surface area contributed by atoms with E-state index in [1.165, 1.54) is 0 Å². The molecule has 0 bridgehead atoms. The predicted octanol–water partition coefficient (Wildman–Crippen LogP) is 1.75. The monoisotopic (exact) mass is 407 g/mol. The van der Waals surface area contributed by atoms with Crippen LogP contribution < -0.4 is 10.1 Å². The molecule has 0 saturated carbocycles. The zero-order chi connectivity index (χ0) is 20.8. The Kier molecular flexibility index (Phi) is 5.33. The van der Waals surface area contributed by atoms with Crippen molar-refractivity contribution in [2.24, 2.45) is 0 Å². The molecule has 0 spiro atoms. The van der Waals surface area contributed by atoms with E-state index in [1.807, 2.05) is 52.0 Å². The summed E-state index contributed by atoms with van der Waals surface area (Å²) < 4.78 is 34.9. The lowest BCUT2D eigenvalue weighted by atomic mass is 9.98. The fourth-order valence-corrected chi connectivity index (χ4v) is 4.05. The van der Waals surface area contributed by atoms with Crippen molar-refractivity contribution >= 4 is 5.91 Å². The third-order valence-corrected chi connectivity index (χ3v) is 5.29. The molecule has 3 saturated heterocycles. The van der Waals surface area contributed by atoms with E-state index >= 15 is 0 Å². The Labute approximate surface area is 170 Å². The minimum Gasteiger partial charge on any atom is -0.497 e. The average molecular weight is 407 g/mol. The summed E-state index contributed by atoms with van der Waals surface area (Å²) in [7, 11) is 1.63. The lowest BCUT2D eigenvalue weighted by molar-refractivity contribution is -0.231. The molecule has 0 aliphatic carbocycles. The second-order valence-corrected chi connectivity index (χ2v) is 8.48. The lowest BCUT2D eigenvalue weighted by Gasteiger charge is -2.36. The number of hydrogen-bond acceptors (Lipinski definition) is 7. The highest BCUT2D eigenvalue weighted by Crippen LogP contribution is 2.44. The van der Waals surface area contributed by atoms with E-state index in [1.54, 1.807) is 7.11 Å². The first-order valence-corrected chi connectivity index (χ1v) is 9.95. The maximum absolute atomic E-state index is 12.9. The zero-order valence-corrected chi connectivity index (χ0v) is 17.5. The number of benzene rings is 1. The van der Waals surface area contributed by atoms with Gasteiger partial charge >= 0.3 is 0 Å². The van der Waals surface area contributed by atoms with E-state index in [0.717, 1.165) is 11.3 Å². The van der Waals surface area contributed by atoms with Crippen LogP contribution in [-0.2, 0) is 34.9 Å². The SMILES string of the molecule is COc1ccc(CCNC(=O)[C@@H]2O[C@@H]3OC(C)(C)O[C@@H]3[C@@H]3OC(C)(C)O[C@H]32)cc1. The Hall–Kier alpha value is -1.71. The van der Waals surface area contributed by atoms with Gasteiger partial charge in [-0.2, -0.15) is 0 Å². The average Bonchev–Trinajstić information content (AvgIpc) is 3.15. The maximum Gasteiger partial charge on any atom is 0.252 e. The molecule has 1 aromatic rings. The molecule has 0 radical (unpaired) electrons. The molecule has 8 heteroatoms. The standard InChI is InChI=1S/C21H29NO7/c1-20(2)26-14-15(27-20)17-19(29-21(3,4)28-17)25-16(14)18(23)22-11-10-12-6-8-13(24-5)9-7-12/h6-9,14-17,19H,10-11H2,1-5H3,(H,22,23)/t14-,15-,16-,17-,19-/m1/s1. The molecule has 29 heavy (non-hydrogen) atoms. The predicted molar refractivity (Wildman–Crippen MR) is 102 cm³/mol. The molecule has 0 aromatic heterocycles. The van der Waals surface area contributed by atoms with E-state index in [2.05, 4.69) is 5.32 Å². The second kappa shape index (κ2) is 7.52. The van der Waals surface area contributed by atoms with Crippen molar-refractivity contribution in [2.45, 2.75) is 76.4 Å². The molecular weight excluding hydrogens is 378 g/mol. The second-order valence-electron chi connectivity index (χ2n) is 8.48. The number of ether oxygens (including phenoxy) is 6. The molecule has 1 amide bonds. The Balaban J connectivity index is 1.40. The van der Waals surface area contributed by atoms with Crippen molar-refractivity contribution < 1.29 is 33.2 Å². The molecule has 3 aliphatic heterocycles. The van der Waals surface area contributed by atoms with Gasteiger partial charge in [0.2, 0.25) is 0 Å². The summed E-state index contributed by atoms with van der Waals surface area (Å²) in [5, 5.41) is 2.94. The van der Waals surface area contributed by atoms with Crippen LogP contribution in [0.15, 0.2) is 24.3 Å². The van der Waals surface area contributed by atoms with E-state index in [9.17, 15) is 4.79 Å². The van der Waals surface area contributed by atoms with Crippen LogP contribution in [0.5, 0.6) is 5.75 Å². The van der Waals surface area contributed by atoms with Gasteiger partial charge in [-0.3, -0.25) is 4.79 Å². The van der Waals surface area contributed by atoms with Gasteiger partial charge in [0.25, 0.3) is 5.91 Å². The molecule has 1 N–H and O–H groups in total. The Bertz CT molecular complexity index is 748. The van der Waals surface area contributed by atoms with Gasteiger partial charge in [0.15, 0.2) is 24.0 Å². The molecule has 3 heterocycles. The molecule has 3 aliphatic rings. The Morgan fingerprint density at radius 1 is 0.966 bits per heavy atom. The van der Waals surface area contributed by atoms with Crippen LogP contribution in [-0.4, -0.2) is 61.8 Å². The number of fused-ring (bicyclic) bond motifs is 3. The van der Waals surface area contributed by atoms with Crippen molar-refractivity contribution in [3.05, 3.63) is 29.8 Å². The van der Waals surface area contributed by atoms with Gasteiger partial charge < -0.3 is 33.7 Å². The summed E-state index contributed by atoms with van der Waals surface area (Å²) in [5.74, 6) is -1.08. The fraction of sp³-hybridized carbons (Fsp3) is 0.667. The number of methoxy groups -OCH3 is 1. The molecule has 3 fully saturated rings. The van der Waals surface area contributed by atoms with Gasteiger partial charge in [-0.1, -0.05) is 12.1 Å². The molecule has 4 rings (SSSR count). The van der Waals surface area contributed by atoms with Crippen molar-refractivity contribution in [1.29, 1.82) is 0 Å². The Morgan fingerprint density at radius 2 is 1.59 bits per heavy atom. The van der Waals surface area contributed by atoms with Crippen LogP contribution in [0.4, 0.5) is 0 Å². The van der Waals surface area contributed by atoms with Gasteiger partial charge in [-0.15, -0.1) is 0 Å². The van der Waals surface area contributed by atoms with Gasteiger partial charge in [0, 0.05) is 6.54 Å². The van der Waals surface area contributed by atoms with Gasteiger partial charge in [-0.25, -0.2) is 0 Å². The van der Waals surface area contributed by atoms with E-state index in [4.69, 9.17) is 28.4 Å². The molecular formula is C21H29NO7. The number of amides is 1. The third-order valence-electron chi connectivity index (χ3n) is 5.29. The number of hydrogen-bond donors (Lipinski definition) is 1. The molecule has 8 nitrogen and oxygen atoms in total. The summed E-state index contributed by atoms with van der Waals surface area (Å²) in [6, 6.07) is 7.75. The highest BCUT2D eigenvalue weighted by atomic mass is 16.9. The zero-order valence-electron chi connectivity index (χ0n) is 17.5. The van der Waals surface area contributed by atoms with E-state index in [-0.39, 0.29) is 5.91 Å². The number of carbonyl (C=O) groups excluding carboxylic acids is 1. The van der Waals surface area contributed by atoms with Gasteiger partial charge in [-0.05, 0) is 51.8 Å². The van der Waals surface area contributed by atoms with Crippen LogP contribution >= 0.6 is 0 Å². The van der Waals surface area contributed by atoms with Crippen LogP contribution in [0.1, 0.15) is 33.3 Å². The van der Waals surface area contributed by atoms with Gasteiger partial charge in [0.05, 0.1) is 7.11 Å². The minimum atomic E-state index is -0.837. The van der Waals surface area contributed by atoms with Crippen molar-refractivity contribution in [3.8, 4) is 5.75 Å². The maximum atomic E-state index is 12.9.